The lowest BCUT2D eigenvalue weighted by molar-refractivity contribution is -0.141. The van der Waals surface area contributed by atoms with Gasteiger partial charge in [-0.1, -0.05) is 0 Å². The molecule has 2 heterocycles. The number of halogens is 5. The molecule has 0 saturated heterocycles. The minimum atomic E-state index is -4.90. The molecule has 4 rings (SSSR count). The van der Waals surface area contributed by atoms with Gasteiger partial charge < -0.3 is 14.8 Å². The van der Waals surface area contributed by atoms with Crippen LogP contribution in [0.5, 0.6) is 0 Å². The number of hydrogen-bond acceptors (Lipinski definition) is 5. The van der Waals surface area contributed by atoms with E-state index in [0.717, 1.165) is 24.3 Å². The molecule has 0 fully saturated rings. The number of carbonyl (C=O) groups is 1. The first-order valence-electron chi connectivity index (χ1n) is 10.6. The van der Waals surface area contributed by atoms with Crippen LogP contribution < -0.4 is 5.32 Å². The summed E-state index contributed by atoms with van der Waals surface area (Å²) in [5.41, 5.74) is -2.49. The van der Waals surface area contributed by atoms with E-state index in [0.29, 0.717) is 28.8 Å². The second-order valence-corrected chi connectivity index (χ2v) is 8.17. The zero-order chi connectivity index (χ0) is 26.9. The third-order valence-electron chi connectivity index (χ3n) is 5.20. The first-order chi connectivity index (χ1) is 17.5. The van der Waals surface area contributed by atoms with E-state index in [1.807, 2.05) is 19.0 Å². The number of nitrogens with zero attached hydrogens (tertiary/aromatic N) is 6. The number of carbonyl (C=O) groups excluding carboxylic acids is 1. The van der Waals surface area contributed by atoms with Crippen LogP contribution in [0, 0.1) is 23.0 Å². The zero-order valence-electron chi connectivity index (χ0n) is 19.4. The van der Waals surface area contributed by atoms with Gasteiger partial charge in [0, 0.05) is 30.2 Å². The zero-order valence-corrected chi connectivity index (χ0v) is 19.4. The van der Waals surface area contributed by atoms with Gasteiger partial charge >= 0.3 is 6.18 Å². The molecule has 8 nitrogen and oxygen atoms in total. The maximum Gasteiger partial charge on any atom is 0.435 e. The summed E-state index contributed by atoms with van der Waals surface area (Å²) in [5, 5.41) is 14.7. The van der Waals surface area contributed by atoms with E-state index < -0.39 is 40.7 Å². The number of benzene rings is 2. The molecule has 0 spiro atoms. The monoisotopic (exact) mass is 515 g/mol. The lowest BCUT2D eigenvalue weighted by atomic mass is 10.2. The molecule has 1 amide bonds. The molecular formula is C24H18F5N7O. The molecule has 0 aliphatic rings. The molecule has 2 aromatic carbocycles. The number of imidazole rings is 1. The van der Waals surface area contributed by atoms with Crippen molar-refractivity contribution in [3.8, 4) is 17.4 Å². The molecule has 37 heavy (non-hydrogen) atoms. The van der Waals surface area contributed by atoms with Crippen molar-refractivity contribution in [1.29, 1.82) is 5.26 Å². The smallest absolute Gasteiger partial charge is 0.318 e. The van der Waals surface area contributed by atoms with E-state index in [9.17, 15) is 26.7 Å². The van der Waals surface area contributed by atoms with E-state index in [4.69, 9.17) is 5.26 Å². The number of alkyl halides is 3. The van der Waals surface area contributed by atoms with E-state index in [1.165, 1.54) is 12.1 Å². The van der Waals surface area contributed by atoms with Gasteiger partial charge in [-0.25, -0.2) is 18.4 Å². The lowest BCUT2D eigenvalue weighted by Gasteiger charge is -2.13. The van der Waals surface area contributed by atoms with Crippen LogP contribution >= 0.6 is 0 Å². The Hall–Kier alpha value is -4.57. The Morgan fingerprint density at radius 3 is 2.46 bits per heavy atom. The fraction of sp³-hybridized carbons (Fsp3) is 0.167. The van der Waals surface area contributed by atoms with Gasteiger partial charge in [-0.05, 0) is 44.4 Å². The highest BCUT2D eigenvalue weighted by molar-refractivity contribution is 6.03. The predicted octanol–water partition coefficient (Wildman–Crippen LogP) is 4.54. The average molecular weight is 515 g/mol. The summed E-state index contributed by atoms with van der Waals surface area (Å²) in [5.74, 6) is -2.20. The van der Waals surface area contributed by atoms with Crippen molar-refractivity contribution >= 4 is 11.6 Å². The van der Waals surface area contributed by atoms with Gasteiger partial charge in [-0.15, -0.1) is 0 Å². The largest absolute Gasteiger partial charge is 0.435 e. The van der Waals surface area contributed by atoms with Crippen LogP contribution in [0.3, 0.4) is 0 Å². The molecule has 0 atom stereocenters. The molecule has 0 aliphatic carbocycles. The van der Waals surface area contributed by atoms with Gasteiger partial charge in [0.1, 0.15) is 29.2 Å². The minimum Gasteiger partial charge on any atom is -0.318 e. The summed E-state index contributed by atoms with van der Waals surface area (Å²) in [4.78, 5) is 19.1. The highest BCUT2D eigenvalue weighted by atomic mass is 19.4. The molecule has 2 aromatic heterocycles. The Kier molecular flexibility index (Phi) is 6.78. The van der Waals surface area contributed by atoms with E-state index in [2.05, 4.69) is 15.4 Å². The number of aromatic nitrogens is 4. The normalized spacial score (nSPS) is 11.5. The van der Waals surface area contributed by atoms with Gasteiger partial charge in [0.2, 0.25) is 0 Å². The predicted molar refractivity (Wildman–Crippen MR) is 122 cm³/mol. The van der Waals surface area contributed by atoms with Gasteiger partial charge in [0.15, 0.2) is 5.69 Å². The van der Waals surface area contributed by atoms with Gasteiger partial charge in [0.25, 0.3) is 5.91 Å². The van der Waals surface area contributed by atoms with Crippen LogP contribution in [-0.4, -0.2) is 44.2 Å². The molecule has 1 N–H and O–H groups in total. The number of rotatable bonds is 6. The van der Waals surface area contributed by atoms with Gasteiger partial charge in [0.05, 0.1) is 23.5 Å². The van der Waals surface area contributed by atoms with Crippen molar-refractivity contribution in [2.75, 3.05) is 19.4 Å². The van der Waals surface area contributed by atoms with Crippen LogP contribution in [-0.2, 0) is 12.7 Å². The Balaban J connectivity index is 1.68. The van der Waals surface area contributed by atoms with Crippen molar-refractivity contribution in [3.63, 3.8) is 0 Å². The number of hydrogen-bond donors (Lipinski definition) is 1. The summed E-state index contributed by atoms with van der Waals surface area (Å²) in [7, 11) is 3.69. The summed E-state index contributed by atoms with van der Waals surface area (Å²) < 4.78 is 71.0. The standard InChI is InChI=1S/C24H18F5N7O/c1-34(2)13-22-31-7-8-35(22)15-4-6-19(18(26)10-15)32-23(37)20-11-21(24(27,28)29)33-36(20)16-3-5-17(25)14(9-16)12-30/h3-11H,13H2,1-2H3,(H,32,37). The molecule has 0 aliphatic heterocycles. The van der Waals surface area contributed by atoms with Gasteiger partial charge in [-0.3, -0.25) is 4.79 Å². The Labute approximate surface area is 207 Å². The fourth-order valence-corrected chi connectivity index (χ4v) is 3.52. The SMILES string of the molecule is CN(C)Cc1nccn1-c1ccc(NC(=O)c2cc(C(F)(F)F)nn2-c2ccc(F)c(C#N)c2)c(F)c1. The van der Waals surface area contributed by atoms with E-state index >= 15 is 0 Å². The summed E-state index contributed by atoms with van der Waals surface area (Å²) in [6.45, 7) is 0.482. The summed E-state index contributed by atoms with van der Waals surface area (Å²) in [6, 6.07) is 8.85. The molecule has 190 valence electrons. The highest BCUT2D eigenvalue weighted by Gasteiger charge is 2.36. The molecular weight excluding hydrogens is 497 g/mol. The van der Waals surface area contributed by atoms with Crippen molar-refractivity contribution in [2.24, 2.45) is 0 Å². The van der Waals surface area contributed by atoms with Crippen LogP contribution in [0.25, 0.3) is 11.4 Å². The first kappa shape index (κ1) is 25.5. The van der Waals surface area contributed by atoms with E-state index in [1.54, 1.807) is 23.0 Å². The molecule has 4 aromatic rings. The van der Waals surface area contributed by atoms with Crippen molar-refractivity contribution < 1.29 is 26.7 Å². The van der Waals surface area contributed by atoms with E-state index in [-0.39, 0.29) is 11.4 Å². The average Bonchev–Trinajstić information content (AvgIpc) is 3.48. The molecule has 0 radical (unpaired) electrons. The summed E-state index contributed by atoms with van der Waals surface area (Å²) >= 11 is 0. The molecule has 0 bridgehead atoms. The van der Waals surface area contributed by atoms with Crippen molar-refractivity contribution in [2.45, 2.75) is 12.7 Å². The number of nitriles is 1. The fourth-order valence-electron chi connectivity index (χ4n) is 3.52. The molecule has 0 unspecified atom stereocenters. The van der Waals surface area contributed by atoms with Crippen molar-refractivity contribution in [1.82, 2.24) is 24.2 Å². The van der Waals surface area contributed by atoms with Crippen LogP contribution in [0.1, 0.15) is 27.6 Å². The minimum absolute atomic E-state index is 0.164. The maximum atomic E-state index is 14.9. The first-order valence-corrected chi connectivity index (χ1v) is 10.6. The number of anilines is 1. The second kappa shape index (κ2) is 9.82. The third kappa shape index (κ3) is 5.34. The van der Waals surface area contributed by atoms with Gasteiger partial charge in [-0.2, -0.15) is 23.5 Å². The van der Waals surface area contributed by atoms with Crippen LogP contribution in [0.15, 0.2) is 54.9 Å². The topological polar surface area (TPSA) is 91.8 Å². The Morgan fingerprint density at radius 2 is 1.81 bits per heavy atom. The van der Waals surface area contributed by atoms with Crippen molar-refractivity contribution in [3.05, 3.63) is 89.3 Å². The third-order valence-corrected chi connectivity index (χ3v) is 5.20. The summed E-state index contributed by atoms with van der Waals surface area (Å²) in [6.07, 6.45) is -1.71. The lowest BCUT2D eigenvalue weighted by Crippen LogP contribution is -2.18. The quantitative estimate of drug-likeness (QED) is 0.381. The number of nitrogens with one attached hydrogen (secondary N) is 1. The maximum absolute atomic E-state index is 14.9. The number of amides is 1. The van der Waals surface area contributed by atoms with Crippen LogP contribution in [0.4, 0.5) is 27.6 Å². The molecule has 13 heteroatoms. The molecule has 0 saturated carbocycles. The Bertz CT molecular complexity index is 1510. The Morgan fingerprint density at radius 1 is 1.08 bits per heavy atom. The second-order valence-electron chi connectivity index (χ2n) is 8.17. The highest BCUT2D eigenvalue weighted by Crippen LogP contribution is 2.30. The van der Waals surface area contributed by atoms with Crippen LogP contribution in [0.2, 0.25) is 0 Å².